The number of rotatable bonds is 6. The third-order valence-corrected chi connectivity index (χ3v) is 4.06. The van der Waals surface area contributed by atoms with E-state index in [1.54, 1.807) is 22.7 Å². The van der Waals surface area contributed by atoms with Crippen LogP contribution in [-0.4, -0.2) is 32.8 Å². The molecule has 0 radical (unpaired) electrons. The van der Waals surface area contributed by atoms with Crippen molar-refractivity contribution in [1.29, 1.82) is 0 Å². The van der Waals surface area contributed by atoms with Gasteiger partial charge in [0.1, 0.15) is 5.69 Å². The predicted molar refractivity (Wildman–Crippen MR) is 102 cm³/mol. The van der Waals surface area contributed by atoms with Gasteiger partial charge in [0.05, 0.1) is 12.7 Å². The highest BCUT2D eigenvalue weighted by Crippen LogP contribution is 2.07. The SMILES string of the molecule is Cc1ccc(CN(C)C(=O)/C=C/c2cn(Cc3ccccc3)nn2)cc1. The molecule has 0 saturated heterocycles. The Morgan fingerprint density at radius 3 is 2.54 bits per heavy atom. The van der Waals surface area contributed by atoms with Crippen molar-refractivity contribution < 1.29 is 4.79 Å². The molecule has 132 valence electrons. The van der Waals surface area contributed by atoms with Crippen molar-refractivity contribution in [2.45, 2.75) is 20.0 Å². The average molecular weight is 346 g/mol. The molecule has 0 atom stereocenters. The molecule has 0 aliphatic rings. The zero-order valence-electron chi connectivity index (χ0n) is 15.0. The van der Waals surface area contributed by atoms with Gasteiger partial charge in [-0.05, 0) is 24.1 Å². The maximum atomic E-state index is 12.3. The first-order chi connectivity index (χ1) is 12.6. The van der Waals surface area contributed by atoms with Crippen LogP contribution in [-0.2, 0) is 17.9 Å². The van der Waals surface area contributed by atoms with Crippen LogP contribution in [0.2, 0.25) is 0 Å². The summed E-state index contributed by atoms with van der Waals surface area (Å²) in [6.45, 7) is 3.28. The first-order valence-electron chi connectivity index (χ1n) is 8.53. The van der Waals surface area contributed by atoms with E-state index in [-0.39, 0.29) is 5.91 Å². The van der Waals surface area contributed by atoms with Crippen LogP contribution in [0.4, 0.5) is 0 Å². The van der Waals surface area contributed by atoms with Crippen LogP contribution in [0, 0.1) is 6.92 Å². The summed E-state index contributed by atoms with van der Waals surface area (Å²) in [5, 5.41) is 8.19. The number of nitrogens with zero attached hydrogens (tertiary/aromatic N) is 4. The Morgan fingerprint density at radius 2 is 1.81 bits per heavy atom. The Bertz CT molecular complexity index is 882. The fourth-order valence-corrected chi connectivity index (χ4v) is 2.57. The molecule has 0 N–H and O–H groups in total. The van der Waals surface area contributed by atoms with Crippen molar-refractivity contribution in [3.05, 3.63) is 89.3 Å². The number of benzene rings is 2. The average Bonchev–Trinajstić information content (AvgIpc) is 3.09. The van der Waals surface area contributed by atoms with E-state index in [0.717, 1.165) is 11.1 Å². The molecule has 0 aliphatic carbocycles. The number of likely N-dealkylation sites (N-methyl/N-ethyl adjacent to an activating group) is 1. The lowest BCUT2D eigenvalue weighted by Gasteiger charge is -2.15. The van der Waals surface area contributed by atoms with Gasteiger partial charge in [0.25, 0.3) is 0 Å². The lowest BCUT2D eigenvalue weighted by molar-refractivity contribution is -0.125. The van der Waals surface area contributed by atoms with Crippen molar-refractivity contribution >= 4 is 12.0 Å². The molecule has 3 rings (SSSR count). The Balaban J connectivity index is 1.57. The van der Waals surface area contributed by atoms with E-state index in [1.165, 1.54) is 11.6 Å². The van der Waals surface area contributed by atoms with Crippen molar-refractivity contribution in [1.82, 2.24) is 19.9 Å². The molecule has 1 aromatic heterocycles. The Labute approximate surface area is 153 Å². The van der Waals surface area contributed by atoms with Gasteiger partial charge in [0.15, 0.2) is 0 Å². The summed E-state index contributed by atoms with van der Waals surface area (Å²) in [6.07, 6.45) is 5.06. The van der Waals surface area contributed by atoms with Crippen LogP contribution >= 0.6 is 0 Å². The minimum atomic E-state index is -0.0665. The molecule has 0 saturated carbocycles. The van der Waals surface area contributed by atoms with Crippen LogP contribution < -0.4 is 0 Å². The standard InChI is InChI=1S/C21H22N4O/c1-17-8-10-19(11-9-17)14-24(2)21(26)13-12-20-16-25(23-22-20)15-18-6-4-3-5-7-18/h3-13,16H,14-15H2,1-2H3/b13-12+. The molecule has 3 aromatic rings. The predicted octanol–water partition coefficient (Wildman–Crippen LogP) is 3.31. The van der Waals surface area contributed by atoms with Crippen molar-refractivity contribution in [3.8, 4) is 0 Å². The third kappa shape index (κ3) is 4.89. The van der Waals surface area contributed by atoms with Gasteiger partial charge in [-0.3, -0.25) is 4.79 Å². The van der Waals surface area contributed by atoms with Crippen molar-refractivity contribution in [3.63, 3.8) is 0 Å². The zero-order valence-corrected chi connectivity index (χ0v) is 15.0. The fraction of sp³-hybridized carbons (Fsp3) is 0.190. The van der Waals surface area contributed by atoms with E-state index in [1.807, 2.05) is 55.6 Å². The smallest absolute Gasteiger partial charge is 0.246 e. The maximum Gasteiger partial charge on any atom is 0.246 e. The minimum absolute atomic E-state index is 0.0665. The Hall–Kier alpha value is -3.21. The van der Waals surface area contributed by atoms with Gasteiger partial charge in [-0.15, -0.1) is 5.10 Å². The van der Waals surface area contributed by atoms with Gasteiger partial charge in [-0.1, -0.05) is 65.4 Å². The number of carbonyl (C=O) groups excluding carboxylic acids is 1. The number of aryl methyl sites for hydroxylation is 1. The van der Waals surface area contributed by atoms with E-state index < -0.39 is 0 Å². The first kappa shape index (κ1) is 17.6. The third-order valence-electron chi connectivity index (χ3n) is 4.06. The Morgan fingerprint density at radius 1 is 1.08 bits per heavy atom. The van der Waals surface area contributed by atoms with Crippen LogP contribution in [0.1, 0.15) is 22.4 Å². The number of amides is 1. The molecule has 0 aliphatic heterocycles. The summed E-state index contributed by atoms with van der Waals surface area (Å²) in [5.74, 6) is -0.0665. The van der Waals surface area contributed by atoms with E-state index in [0.29, 0.717) is 18.8 Å². The molecular formula is C21H22N4O. The summed E-state index contributed by atoms with van der Waals surface area (Å²) < 4.78 is 1.76. The molecule has 0 bridgehead atoms. The Kier molecular flexibility index (Phi) is 5.59. The van der Waals surface area contributed by atoms with Crippen molar-refractivity contribution in [2.75, 3.05) is 7.05 Å². The minimum Gasteiger partial charge on any atom is -0.338 e. The number of carbonyl (C=O) groups is 1. The molecule has 1 amide bonds. The van der Waals surface area contributed by atoms with E-state index in [2.05, 4.69) is 22.4 Å². The van der Waals surface area contributed by atoms with E-state index in [4.69, 9.17) is 0 Å². The lowest BCUT2D eigenvalue weighted by Crippen LogP contribution is -2.24. The maximum absolute atomic E-state index is 12.3. The van der Waals surface area contributed by atoms with Crippen LogP contribution in [0.3, 0.4) is 0 Å². The van der Waals surface area contributed by atoms with Gasteiger partial charge < -0.3 is 4.90 Å². The second-order valence-corrected chi connectivity index (χ2v) is 6.34. The monoisotopic (exact) mass is 346 g/mol. The van der Waals surface area contributed by atoms with E-state index >= 15 is 0 Å². The second kappa shape index (κ2) is 8.25. The molecular weight excluding hydrogens is 324 g/mol. The number of hydrogen-bond acceptors (Lipinski definition) is 3. The number of aromatic nitrogens is 3. The molecule has 5 heteroatoms. The summed E-state index contributed by atoms with van der Waals surface area (Å²) >= 11 is 0. The highest BCUT2D eigenvalue weighted by Gasteiger charge is 2.06. The molecule has 0 spiro atoms. The van der Waals surface area contributed by atoms with E-state index in [9.17, 15) is 4.79 Å². The van der Waals surface area contributed by atoms with Crippen LogP contribution in [0.15, 0.2) is 66.9 Å². The molecule has 0 unspecified atom stereocenters. The first-order valence-corrected chi connectivity index (χ1v) is 8.53. The van der Waals surface area contributed by atoms with Crippen molar-refractivity contribution in [2.24, 2.45) is 0 Å². The summed E-state index contributed by atoms with van der Waals surface area (Å²) in [5.41, 5.74) is 4.13. The zero-order chi connectivity index (χ0) is 18.4. The van der Waals surface area contributed by atoms with Gasteiger partial charge in [0, 0.05) is 19.7 Å². The molecule has 26 heavy (non-hydrogen) atoms. The highest BCUT2D eigenvalue weighted by molar-refractivity contribution is 5.91. The summed E-state index contributed by atoms with van der Waals surface area (Å²) in [7, 11) is 1.79. The topological polar surface area (TPSA) is 51.0 Å². The quantitative estimate of drug-likeness (QED) is 0.644. The van der Waals surface area contributed by atoms with Crippen LogP contribution in [0.5, 0.6) is 0 Å². The molecule has 2 aromatic carbocycles. The summed E-state index contributed by atoms with van der Waals surface area (Å²) in [6, 6.07) is 18.2. The van der Waals surface area contributed by atoms with Gasteiger partial charge >= 0.3 is 0 Å². The molecule has 1 heterocycles. The normalized spacial score (nSPS) is 11.0. The highest BCUT2D eigenvalue weighted by atomic mass is 16.2. The summed E-state index contributed by atoms with van der Waals surface area (Å²) in [4.78, 5) is 13.9. The number of hydrogen-bond donors (Lipinski definition) is 0. The second-order valence-electron chi connectivity index (χ2n) is 6.34. The van der Waals surface area contributed by atoms with Gasteiger partial charge in [-0.25, -0.2) is 4.68 Å². The largest absolute Gasteiger partial charge is 0.338 e. The molecule has 0 fully saturated rings. The molecule has 5 nitrogen and oxygen atoms in total. The fourth-order valence-electron chi connectivity index (χ4n) is 2.57. The van der Waals surface area contributed by atoms with Gasteiger partial charge in [-0.2, -0.15) is 0 Å². The lowest BCUT2D eigenvalue weighted by atomic mass is 10.1. The van der Waals surface area contributed by atoms with Crippen LogP contribution in [0.25, 0.3) is 6.08 Å². The van der Waals surface area contributed by atoms with Gasteiger partial charge in [0.2, 0.25) is 5.91 Å².